The van der Waals surface area contributed by atoms with Crippen LogP contribution < -0.4 is 15.4 Å². The highest BCUT2D eigenvalue weighted by Crippen LogP contribution is 2.23. The average molecular weight is 452 g/mol. The van der Waals surface area contributed by atoms with E-state index in [4.69, 9.17) is 4.74 Å². The van der Waals surface area contributed by atoms with Crippen molar-refractivity contribution in [2.75, 3.05) is 26.7 Å². The zero-order chi connectivity index (χ0) is 23.6. The van der Waals surface area contributed by atoms with E-state index in [1.807, 2.05) is 42.2 Å². The Kier molecular flexibility index (Phi) is 8.87. The number of carbonyl (C=O) groups is 3. The Balaban J connectivity index is 1.62. The molecule has 1 fully saturated rings. The minimum atomic E-state index is -0.641. The molecule has 33 heavy (non-hydrogen) atoms. The molecule has 1 atom stereocenters. The van der Waals surface area contributed by atoms with Crippen LogP contribution in [0.5, 0.6) is 5.75 Å². The summed E-state index contributed by atoms with van der Waals surface area (Å²) in [7, 11) is 1.57. The van der Waals surface area contributed by atoms with Gasteiger partial charge in [-0.1, -0.05) is 37.3 Å². The second kappa shape index (κ2) is 12.0. The van der Waals surface area contributed by atoms with E-state index in [0.29, 0.717) is 50.2 Å². The smallest absolute Gasteiger partial charge is 0.251 e. The summed E-state index contributed by atoms with van der Waals surface area (Å²) in [6.45, 7) is 3.70. The average Bonchev–Trinajstić information content (AvgIpc) is 2.86. The molecular formula is C26H33N3O4. The van der Waals surface area contributed by atoms with Crippen molar-refractivity contribution in [3.63, 3.8) is 0 Å². The molecule has 7 nitrogen and oxygen atoms in total. The first-order valence-electron chi connectivity index (χ1n) is 11.6. The number of likely N-dealkylation sites (tertiary alicyclic amines) is 1. The van der Waals surface area contributed by atoms with Crippen molar-refractivity contribution < 1.29 is 19.1 Å². The standard InChI is InChI=1S/C26H33N3O4/c1-3-15-27-26(32)24(28-25(31)21-9-11-22(33-2)12-10-21)20-13-16-29(17-14-20)23(30)18-19-7-5-4-6-8-19/h4-12,20,24H,3,13-18H2,1-2H3,(H,27,32)(H,28,31). The van der Waals surface area contributed by atoms with Gasteiger partial charge in [-0.05, 0) is 55.0 Å². The fourth-order valence-electron chi connectivity index (χ4n) is 4.09. The number of methoxy groups -OCH3 is 1. The second-order valence-corrected chi connectivity index (χ2v) is 8.35. The lowest BCUT2D eigenvalue weighted by atomic mass is 9.88. The highest BCUT2D eigenvalue weighted by Gasteiger charge is 2.33. The number of amides is 3. The molecule has 2 N–H and O–H groups in total. The maximum absolute atomic E-state index is 12.9. The lowest BCUT2D eigenvalue weighted by Gasteiger charge is -2.36. The Bertz CT molecular complexity index is 922. The second-order valence-electron chi connectivity index (χ2n) is 8.35. The van der Waals surface area contributed by atoms with Crippen LogP contribution in [-0.2, 0) is 16.0 Å². The van der Waals surface area contributed by atoms with E-state index in [9.17, 15) is 14.4 Å². The lowest BCUT2D eigenvalue weighted by Crippen LogP contribution is -2.54. The summed E-state index contributed by atoms with van der Waals surface area (Å²) in [6, 6.07) is 15.9. The van der Waals surface area contributed by atoms with Crippen LogP contribution in [0.1, 0.15) is 42.1 Å². The van der Waals surface area contributed by atoms with E-state index in [1.54, 1.807) is 31.4 Å². The highest BCUT2D eigenvalue weighted by molar-refractivity contribution is 5.97. The first-order valence-corrected chi connectivity index (χ1v) is 11.6. The van der Waals surface area contributed by atoms with Gasteiger partial charge in [0.15, 0.2) is 0 Å². The number of nitrogens with zero attached hydrogens (tertiary/aromatic N) is 1. The van der Waals surface area contributed by atoms with E-state index in [2.05, 4.69) is 10.6 Å². The van der Waals surface area contributed by atoms with Gasteiger partial charge in [-0.25, -0.2) is 0 Å². The number of benzene rings is 2. The van der Waals surface area contributed by atoms with E-state index in [0.717, 1.165) is 12.0 Å². The van der Waals surface area contributed by atoms with Crippen LogP contribution in [0.4, 0.5) is 0 Å². The fourth-order valence-corrected chi connectivity index (χ4v) is 4.09. The van der Waals surface area contributed by atoms with E-state index in [1.165, 1.54) is 0 Å². The molecule has 7 heteroatoms. The number of carbonyl (C=O) groups excluding carboxylic acids is 3. The Labute approximate surface area is 195 Å². The van der Waals surface area contributed by atoms with Crippen molar-refractivity contribution in [2.24, 2.45) is 5.92 Å². The molecule has 0 radical (unpaired) electrons. The van der Waals surface area contributed by atoms with E-state index >= 15 is 0 Å². The molecule has 0 aliphatic carbocycles. The topological polar surface area (TPSA) is 87.7 Å². The molecule has 2 aromatic rings. The summed E-state index contributed by atoms with van der Waals surface area (Å²) < 4.78 is 5.15. The molecule has 1 heterocycles. The number of rotatable bonds is 9. The molecule has 1 saturated heterocycles. The van der Waals surface area contributed by atoms with Gasteiger partial charge in [-0.15, -0.1) is 0 Å². The van der Waals surface area contributed by atoms with Gasteiger partial charge in [0.1, 0.15) is 11.8 Å². The Morgan fingerprint density at radius 1 is 1.03 bits per heavy atom. The predicted molar refractivity (Wildman–Crippen MR) is 127 cm³/mol. The molecule has 1 unspecified atom stereocenters. The maximum atomic E-state index is 12.9. The largest absolute Gasteiger partial charge is 0.497 e. The molecule has 0 bridgehead atoms. The highest BCUT2D eigenvalue weighted by atomic mass is 16.5. The summed E-state index contributed by atoms with van der Waals surface area (Å²) >= 11 is 0. The van der Waals surface area contributed by atoms with Gasteiger partial charge in [-0.3, -0.25) is 14.4 Å². The van der Waals surface area contributed by atoms with Gasteiger partial charge in [0.05, 0.1) is 13.5 Å². The van der Waals surface area contributed by atoms with Gasteiger partial charge in [0.25, 0.3) is 5.91 Å². The number of hydrogen-bond donors (Lipinski definition) is 2. The molecule has 0 saturated carbocycles. The lowest BCUT2D eigenvalue weighted by molar-refractivity contribution is -0.132. The van der Waals surface area contributed by atoms with Crippen LogP contribution in [0, 0.1) is 5.92 Å². The van der Waals surface area contributed by atoms with Gasteiger partial charge < -0.3 is 20.3 Å². The molecule has 3 rings (SSSR count). The minimum absolute atomic E-state index is 0.0372. The molecule has 176 valence electrons. The zero-order valence-corrected chi connectivity index (χ0v) is 19.4. The first kappa shape index (κ1) is 24.3. The van der Waals surface area contributed by atoms with Crippen LogP contribution in [-0.4, -0.2) is 55.4 Å². The van der Waals surface area contributed by atoms with E-state index < -0.39 is 6.04 Å². The zero-order valence-electron chi connectivity index (χ0n) is 19.4. The van der Waals surface area contributed by atoms with Crippen LogP contribution in [0.3, 0.4) is 0 Å². The summed E-state index contributed by atoms with van der Waals surface area (Å²) in [5.74, 6) is 0.250. The predicted octanol–water partition coefficient (Wildman–Crippen LogP) is 2.80. The van der Waals surface area contributed by atoms with Crippen molar-refractivity contribution in [3.05, 3.63) is 65.7 Å². The normalized spacial score (nSPS) is 14.9. The molecule has 1 aliphatic heterocycles. The van der Waals surface area contributed by atoms with E-state index in [-0.39, 0.29) is 23.6 Å². The SMILES string of the molecule is CCCNC(=O)C(NC(=O)c1ccc(OC)cc1)C1CCN(C(=O)Cc2ccccc2)CC1. The van der Waals surface area contributed by atoms with Crippen molar-refractivity contribution in [2.45, 2.75) is 38.6 Å². The summed E-state index contributed by atoms with van der Waals surface area (Å²) in [6.07, 6.45) is 2.51. The number of hydrogen-bond acceptors (Lipinski definition) is 4. The van der Waals surface area contributed by atoms with Crippen LogP contribution >= 0.6 is 0 Å². The number of ether oxygens (including phenoxy) is 1. The fraction of sp³-hybridized carbons (Fsp3) is 0.423. The third-order valence-corrected chi connectivity index (χ3v) is 6.03. The van der Waals surface area contributed by atoms with Gasteiger partial charge >= 0.3 is 0 Å². The molecule has 0 spiro atoms. The van der Waals surface area contributed by atoms with Crippen LogP contribution in [0.25, 0.3) is 0 Å². The third kappa shape index (κ3) is 6.81. The number of piperidine rings is 1. The molecule has 3 amide bonds. The Hall–Kier alpha value is -3.35. The first-order chi connectivity index (χ1) is 16.0. The molecule has 2 aromatic carbocycles. The number of nitrogens with one attached hydrogen (secondary N) is 2. The molecule has 0 aromatic heterocycles. The third-order valence-electron chi connectivity index (χ3n) is 6.03. The van der Waals surface area contributed by atoms with Crippen molar-refractivity contribution in [3.8, 4) is 5.75 Å². The van der Waals surface area contributed by atoms with Gasteiger partial charge in [-0.2, -0.15) is 0 Å². The summed E-state index contributed by atoms with van der Waals surface area (Å²) in [4.78, 5) is 40.3. The summed E-state index contributed by atoms with van der Waals surface area (Å²) in [5, 5.41) is 5.86. The molecular weight excluding hydrogens is 418 g/mol. The van der Waals surface area contributed by atoms with Gasteiger partial charge in [0.2, 0.25) is 11.8 Å². The van der Waals surface area contributed by atoms with Crippen molar-refractivity contribution in [1.29, 1.82) is 0 Å². The van der Waals surface area contributed by atoms with Gasteiger partial charge in [0, 0.05) is 25.2 Å². The van der Waals surface area contributed by atoms with Crippen molar-refractivity contribution >= 4 is 17.7 Å². The van der Waals surface area contributed by atoms with Crippen molar-refractivity contribution in [1.82, 2.24) is 15.5 Å². The Morgan fingerprint density at radius 3 is 2.30 bits per heavy atom. The minimum Gasteiger partial charge on any atom is -0.497 e. The van der Waals surface area contributed by atoms with Crippen LogP contribution in [0.2, 0.25) is 0 Å². The van der Waals surface area contributed by atoms with Crippen LogP contribution in [0.15, 0.2) is 54.6 Å². The monoisotopic (exact) mass is 451 g/mol. The maximum Gasteiger partial charge on any atom is 0.251 e. The summed E-state index contributed by atoms with van der Waals surface area (Å²) in [5.41, 5.74) is 1.47. The Morgan fingerprint density at radius 2 is 1.70 bits per heavy atom. The quantitative estimate of drug-likeness (QED) is 0.614. The molecule has 1 aliphatic rings.